The average Bonchev–Trinajstić information content (AvgIpc) is 2.56. The molecule has 0 aromatic carbocycles. The number of hydrogen-bond acceptors (Lipinski definition) is 3. The lowest BCUT2D eigenvalue weighted by Gasteiger charge is -2.24. The Morgan fingerprint density at radius 2 is 2.43 bits per heavy atom. The van der Waals surface area contributed by atoms with Gasteiger partial charge in [-0.25, -0.2) is 0 Å². The fourth-order valence-electron chi connectivity index (χ4n) is 2.44. The van der Waals surface area contributed by atoms with Gasteiger partial charge in [0.15, 0.2) is 0 Å². The van der Waals surface area contributed by atoms with E-state index in [-0.39, 0.29) is 0 Å². The summed E-state index contributed by atoms with van der Waals surface area (Å²) in [6.07, 6.45) is 1.26. The third-order valence-corrected chi connectivity index (χ3v) is 3.21. The first-order valence-corrected chi connectivity index (χ1v) is 5.85. The van der Waals surface area contributed by atoms with Crippen molar-refractivity contribution in [2.24, 2.45) is 11.8 Å². The molecule has 14 heavy (non-hydrogen) atoms. The monoisotopic (exact) mass is 198 g/mol. The van der Waals surface area contributed by atoms with Gasteiger partial charge in [0.2, 0.25) is 0 Å². The molecule has 3 nitrogen and oxygen atoms in total. The number of rotatable bonds is 2. The van der Waals surface area contributed by atoms with Crippen LogP contribution in [0.4, 0.5) is 0 Å². The highest BCUT2D eigenvalue weighted by Crippen LogP contribution is 2.15. The number of nitrogens with one attached hydrogen (secondary N) is 1. The van der Waals surface area contributed by atoms with Crippen molar-refractivity contribution in [3.05, 3.63) is 0 Å². The second-order valence-corrected chi connectivity index (χ2v) is 4.80. The SMILES string of the molecule is CC1CNCCN(CC2CCOC2)C1. The van der Waals surface area contributed by atoms with Gasteiger partial charge in [0, 0.05) is 32.8 Å². The highest BCUT2D eigenvalue weighted by atomic mass is 16.5. The van der Waals surface area contributed by atoms with Crippen LogP contribution in [0.3, 0.4) is 0 Å². The molecule has 0 aliphatic carbocycles. The summed E-state index contributed by atoms with van der Waals surface area (Å²) in [6, 6.07) is 0. The van der Waals surface area contributed by atoms with Crippen molar-refractivity contribution < 1.29 is 4.74 Å². The molecule has 2 fully saturated rings. The van der Waals surface area contributed by atoms with Crippen LogP contribution in [-0.2, 0) is 4.74 Å². The summed E-state index contributed by atoms with van der Waals surface area (Å²) in [5.74, 6) is 1.58. The van der Waals surface area contributed by atoms with Crippen LogP contribution in [0.5, 0.6) is 0 Å². The van der Waals surface area contributed by atoms with Crippen LogP contribution in [-0.4, -0.2) is 50.8 Å². The number of hydrogen-bond donors (Lipinski definition) is 1. The predicted molar refractivity (Wildman–Crippen MR) is 57.4 cm³/mol. The van der Waals surface area contributed by atoms with Gasteiger partial charge in [0.25, 0.3) is 0 Å². The molecule has 1 N–H and O–H groups in total. The summed E-state index contributed by atoms with van der Waals surface area (Å²) >= 11 is 0. The highest BCUT2D eigenvalue weighted by molar-refractivity contribution is 4.75. The number of nitrogens with zero attached hydrogens (tertiary/aromatic N) is 1. The zero-order valence-corrected chi connectivity index (χ0v) is 9.17. The molecule has 82 valence electrons. The first-order valence-electron chi connectivity index (χ1n) is 5.85. The predicted octanol–water partition coefficient (Wildman–Crippen LogP) is 0.564. The third kappa shape index (κ3) is 2.94. The van der Waals surface area contributed by atoms with E-state index in [1.807, 2.05) is 0 Å². The second-order valence-electron chi connectivity index (χ2n) is 4.80. The van der Waals surface area contributed by atoms with E-state index in [1.54, 1.807) is 0 Å². The van der Waals surface area contributed by atoms with Gasteiger partial charge in [-0.15, -0.1) is 0 Å². The molecule has 0 aromatic rings. The summed E-state index contributed by atoms with van der Waals surface area (Å²) in [5, 5.41) is 3.48. The minimum atomic E-state index is 0.792. The van der Waals surface area contributed by atoms with Crippen molar-refractivity contribution in [2.45, 2.75) is 13.3 Å². The molecule has 0 amide bonds. The van der Waals surface area contributed by atoms with Crippen LogP contribution in [0, 0.1) is 11.8 Å². The van der Waals surface area contributed by atoms with Crippen molar-refractivity contribution in [1.82, 2.24) is 10.2 Å². The van der Waals surface area contributed by atoms with E-state index in [1.165, 1.54) is 32.6 Å². The largest absolute Gasteiger partial charge is 0.381 e. The minimum absolute atomic E-state index is 0.792. The van der Waals surface area contributed by atoms with Gasteiger partial charge in [0.05, 0.1) is 6.61 Å². The maximum Gasteiger partial charge on any atom is 0.0507 e. The maximum absolute atomic E-state index is 5.41. The Balaban J connectivity index is 1.77. The van der Waals surface area contributed by atoms with Crippen molar-refractivity contribution in [3.63, 3.8) is 0 Å². The van der Waals surface area contributed by atoms with Gasteiger partial charge in [-0.1, -0.05) is 6.92 Å². The van der Waals surface area contributed by atoms with Gasteiger partial charge in [0.1, 0.15) is 0 Å². The van der Waals surface area contributed by atoms with Gasteiger partial charge < -0.3 is 15.0 Å². The Morgan fingerprint density at radius 1 is 1.50 bits per heavy atom. The molecule has 2 saturated heterocycles. The zero-order valence-electron chi connectivity index (χ0n) is 9.17. The van der Waals surface area contributed by atoms with E-state index in [2.05, 4.69) is 17.1 Å². The minimum Gasteiger partial charge on any atom is -0.381 e. The van der Waals surface area contributed by atoms with E-state index in [9.17, 15) is 0 Å². The van der Waals surface area contributed by atoms with Gasteiger partial charge in [-0.2, -0.15) is 0 Å². The lowest BCUT2D eigenvalue weighted by Crippen LogP contribution is -2.34. The van der Waals surface area contributed by atoms with Crippen LogP contribution in [0.2, 0.25) is 0 Å². The second kappa shape index (κ2) is 5.10. The standard InChI is InChI=1S/C11H22N2O/c1-10-6-12-3-4-13(7-10)8-11-2-5-14-9-11/h10-12H,2-9H2,1H3. The Morgan fingerprint density at radius 3 is 3.21 bits per heavy atom. The van der Waals surface area contributed by atoms with Crippen LogP contribution >= 0.6 is 0 Å². The van der Waals surface area contributed by atoms with Crippen LogP contribution in [0.15, 0.2) is 0 Å². The lowest BCUT2D eigenvalue weighted by atomic mass is 10.1. The molecule has 2 atom stereocenters. The lowest BCUT2D eigenvalue weighted by molar-refractivity contribution is 0.165. The molecule has 2 rings (SSSR count). The molecular formula is C11H22N2O. The Kier molecular flexibility index (Phi) is 3.79. The third-order valence-electron chi connectivity index (χ3n) is 3.21. The highest BCUT2D eigenvalue weighted by Gasteiger charge is 2.21. The summed E-state index contributed by atoms with van der Waals surface area (Å²) in [4.78, 5) is 2.60. The molecule has 0 aromatic heterocycles. The van der Waals surface area contributed by atoms with E-state index in [0.717, 1.165) is 31.6 Å². The molecule has 2 aliphatic heterocycles. The first kappa shape index (κ1) is 10.4. The Labute approximate surface area is 86.8 Å². The Bertz CT molecular complexity index is 169. The van der Waals surface area contributed by atoms with E-state index in [4.69, 9.17) is 4.74 Å². The van der Waals surface area contributed by atoms with Crippen molar-refractivity contribution in [1.29, 1.82) is 0 Å². The summed E-state index contributed by atoms with van der Waals surface area (Å²) < 4.78 is 5.41. The quantitative estimate of drug-likeness (QED) is 0.702. The Hall–Kier alpha value is -0.120. The summed E-state index contributed by atoms with van der Waals surface area (Å²) in [6.45, 7) is 10.3. The van der Waals surface area contributed by atoms with Crippen LogP contribution in [0.1, 0.15) is 13.3 Å². The number of ether oxygens (including phenoxy) is 1. The zero-order chi connectivity index (χ0) is 9.80. The van der Waals surface area contributed by atoms with E-state index in [0.29, 0.717) is 0 Å². The van der Waals surface area contributed by atoms with Crippen molar-refractivity contribution >= 4 is 0 Å². The van der Waals surface area contributed by atoms with Gasteiger partial charge >= 0.3 is 0 Å². The average molecular weight is 198 g/mol. The fourth-order valence-corrected chi connectivity index (χ4v) is 2.44. The first-order chi connectivity index (χ1) is 6.84. The van der Waals surface area contributed by atoms with Gasteiger partial charge in [-0.3, -0.25) is 0 Å². The molecule has 2 unspecified atom stereocenters. The van der Waals surface area contributed by atoms with E-state index >= 15 is 0 Å². The molecule has 0 spiro atoms. The van der Waals surface area contributed by atoms with Crippen molar-refractivity contribution in [3.8, 4) is 0 Å². The van der Waals surface area contributed by atoms with Crippen LogP contribution < -0.4 is 5.32 Å². The molecule has 2 aliphatic rings. The fraction of sp³-hybridized carbons (Fsp3) is 1.00. The smallest absolute Gasteiger partial charge is 0.0507 e. The molecule has 0 saturated carbocycles. The molecule has 3 heteroatoms. The topological polar surface area (TPSA) is 24.5 Å². The van der Waals surface area contributed by atoms with Crippen LogP contribution in [0.25, 0.3) is 0 Å². The summed E-state index contributed by atoms with van der Waals surface area (Å²) in [7, 11) is 0. The van der Waals surface area contributed by atoms with Crippen molar-refractivity contribution in [2.75, 3.05) is 45.9 Å². The summed E-state index contributed by atoms with van der Waals surface area (Å²) in [5.41, 5.74) is 0. The molecular weight excluding hydrogens is 176 g/mol. The normalized spacial score (nSPS) is 35.8. The molecule has 2 heterocycles. The molecule has 0 bridgehead atoms. The van der Waals surface area contributed by atoms with E-state index < -0.39 is 0 Å². The maximum atomic E-state index is 5.41. The molecule has 0 radical (unpaired) electrons. The van der Waals surface area contributed by atoms with Gasteiger partial charge in [-0.05, 0) is 24.8 Å².